The van der Waals surface area contributed by atoms with E-state index in [2.05, 4.69) is 20.3 Å². The standard InChI is InChI=1S/C24H29N5O5/c1-3-18(30)17(11-12-19(31)34-4-2)27-22(32)15-8-5-14(6-9-15)7-10-16-13-26-21-20(16)23(33)29-24(25)28-21/h5-6,8-9,13,17H,3-4,7,10-12H2,1-2H3,(H,27,32)(H4,25,26,28,29,33)/t17-/m0/s1. The summed E-state index contributed by atoms with van der Waals surface area (Å²) in [5, 5.41) is 3.22. The van der Waals surface area contributed by atoms with Gasteiger partial charge in [-0.2, -0.15) is 4.98 Å². The van der Waals surface area contributed by atoms with Gasteiger partial charge in [0.1, 0.15) is 5.65 Å². The van der Waals surface area contributed by atoms with Crippen LogP contribution in [0.5, 0.6) is 0 Å². The topological polar surface area (TPSA) is 160 Å². The minimum absolute atomic E-state index is 0.0578. The van der Waals surface area contributed by atoms with Crippen molar-refractivity contribution in [2.24, 2.45) is 0 Å². The van der Waals surface area contributed by atoms with E-state index in [1.165, 1.54) is 0 Å². The largest absolute Gasteiger partial charge is 0.466 e. The summed E-state index contributed by atoms with van der Waals surface area (Å²) in [6, 6.07) is 6.30. The summed E-state index contributed by atoms with van der Waals surface area (Å²) in [4.78, 5) is 58.3. The number of ketones is 1. The summed E-state index contributed by atoms with van der Waals surface area (Å²) in [7, 11) is 0. The smallest absolute Gasteiger partial charge is 0.305 e. The summed E-state index contributed by atoms with van der Waals surface area (Å²) in [6.45, 7) is 3.70. The minimum Gasteiger partial charge on any atom is -0.466 e. The van der Waals surface area contributed by atoms with Crippen molar-refractivity contribution in [2.75, 3.05) is 12.3 Å². The molecule has 0 aliphatic rings. The van der Waals surface area contributed by atoms with Crippen molar-refractivity contribution >= 4 is 34.6 Å². The lowest BCUT2D eigenvalue weighted by atomic mass is 10.0. The Morgan fingerprint density at radius 1 is 1.15 bits per heavy atom. The Hall–Kier alpha value is -3.95. The number of aromatic amines is 2. The Balaban J connectivity index is 1.61. The molecule has 0 aliphatic carbocycles. The summed E-state index contributed by atoms with van der Waals surface area (Å²) >= 11 is 0. The summed E-state index contributed by atoms with van der Waals surface area (Å²) in [5.74, 6) is -0.858. The highest BCUT2D eigenvalue weighted by Crippen LogP contribution is 2.16. The van der Waals surface area contributed by atoms with Crippen molar-refractivity contribution in [1.82, 2.24) is 20.3 Å². The number of hydrogen-bond acceptors (Lipinski definition) is 7. The van der Waals surface area contributed by atoms with Crippen molar-refractivity contribution in [3.63, 3.8) is 0 Å². The zero-order valence-electron chi connectivity index (χ0n) is 19.3. The molecule has 2 aromatic heterocycles. The quantitative estimate of drug-likeness (QED) is 0.314. The number of fused-ring (bicyclic) bond motifs is 1. The molecule has 3 aromatic rings. The van der Waals surface area contributed by atoms with Gasteiger partial charge in [-0.3, -0.25) is 24.2 Å². The van der Waals surface area contributed by atoms with Gasteiger partial charge in [-0.1, -0.05) is 19.1 Å². The van der Waals surface area contributed by atoms with Gasteiger partial charge in [0.25, 0.3) is 11.5 Å². The van der Waals surface area contributed by atoms with Crippen LogP contribution in [0.1, 0.15) is 54.6 Å². The highest BCUT2D eigenvalue weighted by Gasteiger charge is 2.21. The minimum atomic E-state index is -0.746. The fourth-order valence-electron chi connectivity index (χ4n) is 3.72. The maximum Gasteiger partial charge on any atom is 0.305 e. The summed E-state index contributed by atoms with van der Waals surface area (Å²) < 4.78 is 4.90. The zero-order valence-corrected chi connectivity index (χ0v) is 19.3. The first kappa shape index (κ1) is 24.7. The van der Waals surface area contributed by atoms with Crippen LogP contribution < -0.4 is 16.6 Å². The molecule has 5 N–H and O–H groups in total. The van der Waals surface area contributed by atoms with E-state index in [1.807, 2.05) is 12.1 Å². The van der Waals surface area contributed by atoms with E-state index in [4.69, 9.17) is 10.5 Å². The van der Waals surface area contributed by atoms with Crippen LogP contribution in [0, 0.1) is 0 Å². The fraction of sp³-hybridized carbons (Fsp3) is 0.375. The number of nitrogens with two attached hydrogens (primary N) is 1. The molecule has 1 atom stereocenters. The van der Waals surface area contributed by atoms with Gasteiger partial charge >= 0.3 is 5.97 Å². The number of nitrogen functional groups attached to an aromatic ring is 1. The number of nitrogens with one attached hydrogen (secondary N) is 3. The Labute approximate surface area is 196 Å². The molecule has 2 heterocycles. The van der Waals surface area contributed by atoms with Gasteiger partial charge in [0.15, 0.2) is 5.78 Å². The van der Waals surface area contributed by atoms with Crippen molar-refractivity contribution in [2.45, 2.75) is 52.0 Å². The molecule has 0 aliphatic heterocycles. The van der Waals surface area contributed by atoms with Crippen LogP contribution >= 0.6 is 0 Å². The van der Waals surface area contributed by atoms with Crippen LogP contribution in [-0.2, 0) is 27.2 Å². The van der Waals surface area contributed by atoms with Gasteiger partial charge in [-0.25, -0.2) is 0 Å². The molecule has 10 heteroatoms. The molecule has 0 radical (unpaired) electrons. The van der Waals surface area contributed by atoms with E-state index >= 15 is 0 Å². The van der Waals surface area contributed by atoms with Gasteiger partial charge in [-0.15, -0.1) is 0 Å². The molecule has 34 heavy (non-hydrogen) atoms. The molecule has 0 bridgehead atoms. The number of ether oxygens (including phenoxy) is 1. The first-order valence-electron chi connectivity index (χ1n) is 11.3. The van der Waals surface area contributed by atoms with Crippen LogP contribution in [-0.4, -0.2) is 45.3 Å². The maximum absolute atomic E-state index is 12.7. The monoisotopic (exact) mass is 467 g/mol. The predicted molar refractivity (Wildman–Crippen MR) is 127 cm³/mol. The molecule has 1 aromatic carbocycles. The van der Waals surface area contributed by atoms with Crippen molar-refractivity contribution in [3.8, 4) is 0 Å². The molecule has 180 valence electrons. The maximum atomic E-state index is 12.7. The molecular formula is C24H29N5O5. The number of aromatic nitrogens is 3. The lowest BCUT2D eigenvalue weighted by Crippen LogP contribution is -2.41. The molecule has 3 rings (SSSR count). The average molecular weight is 468 g/mol. The number of hydrogen-bond donors (Lipinski definition) is 4. The van der Waals surface area contributed by atoms with Crippen LogP contribution in [0.25, 0.3) is 11.0 Å². The van der Waals surface area contributed by atoms with Crippen LogP contribution in [0.15, 0.2) is 35.3 Å². The number of nitrogens with zero attached hydrogens (tertiary/aromatic N) is 1. The Kier molecular flexibility index (Phi) is 8.18. The molecular weight excluding hydrogens is 438 g/mol. The lowest BCUT2D eigenvalue weighted by Gasteiger charge is -2.17. The number of H-pyrrole nitrogens is 2. The van der Waals surface area contributed by atoms with E-state index in [0.717, 1.165) is 11.1 Å². The van der Waals surface area contributed by atoms with E-state index in [1.54, 1.807) is 32.2 Å². The number of aryl methyl sites for hydroxylation is 2. The number of anilines is 1. The van der Waals surface area contributed by atoms with Gasteiger partial charge < -0.3 is 20.8 Å². The summed E-state index contributed by atoms with van der Waals surface area (Å²) in [6.07, 6.45) is 3.50. The van der Waals surface area contributed by atoms with Gasteiger partial charge in [0.05, 0.1) is 18.0 Å². The zero-order chi connectivity index (χ0) is 24.7. The lowest BCUT2D eigenvalue weighted by molar-refractivity contribution is -0.143. The Morgan fingerprint density at radius 2 is 1.88 bits per heavy atom. The molecule has 0 saturated heterocycles. The van der Waals surface area contributed by atoms with Gasteiger partial charge in [0, 0.05) is 24.6 Å². The average Bonchev–Trinajstić information content (AvgIpc) is 3.23. The Morgan fingerprint density at radius 3 is 2.56 bits per heavy atom. The van der Waals surface area contributed by atoms with Gasteiger partial charge in [-0.05, 0) is 49.4 Å². The van der Waals surface area contributed by atoms with E-state index in [-0.39, 0.29) is 49.1 Å². The highest BCUT2D eigenvalue weighted by atomic mass is 16.5. The molecule has 0 unspecified atom stereocenters. The predicted octanol–water partition coefficient (Wildman–Crippen LogP) is 2.04. The number of amides is 1. The number of benzene rings is 1. The first-order chi connectivity index (χ1) is 16.3. The normalized spacial score (nSPS) is 11.8. The van der Waals surface area contributed by atoms with Crippen molar-refractivity contribution < 1.29 is 19.1 Å². The molecule has 10 nitrogen and oxygen atoms in total. The second-order valence-corrected chi connectivity index (χ2v) is 7.88. The van der Waals surface area contributed by atoms with E-state index in [9.17, 15) is 19.2 Å². The van der Waals surface area contributed by atoms with E-state index < -0.39 is 12.0 Å². The Bertz CT molecular complexity index is 1230. The van der Waals surface area contributed by atoms with Crippen LogP contribution in [0.2, 0.25) is 0 Å². The number of esters is 1. The second kappa shape index (κ2) is 11.3. The van der Waals surface area contributed by atoms with Gasteiger partial charge in [0.2, 0.25) is 5.95 Å². The third-order valence-electron chi connectivity index (χ3n) is 5.53. The highest BCUT2D eigenvalue weighted by molar-refractivity contribution is 5.98. The second-order valence-electron chi connectivity index (χ2n) is 7.88. The number of rotatable bonds is 11. The van der Waals surface area contributed by atoms with E-state index in [0.29, 0.717) is 29.4 Å². The fourth-order valence-corrected chi connectivity index (χ4v) is 3.72. The third kappa shape index (κ3) is 6.09. The molecule has 0 spiro atoms. The SMILES string of the molecule is CCOC(=O)CC[C@H](NC(=O)c1ccc(CCc2c[nH]c3nc(N)[nH]c(=O)c23)cc1)C(=O)CC. The molecule has 0 fully saturated rings. The first-order valence-corrected chi connectivity index (χ1v) is 11.3. The number of carbonyl (C=O) groups is 3. The molecule has 0 saturated carbocycles. The van der Waals surface area contributed by atoms with Crippen LogP contribution in [0.3, 0.4) is 0 Å². The third-order valence-corrected chi connectivity index (χ3v) is 5.53. The van der Waals surface area contributed by atoms with Crippen molar-refractivity contribution in [1.29, 1.82) is 0 Å². The molecule has 1 amide bonds. The van der Waals surface area contributed by atoms with Crippen molar-refractivity contribution in [3.05, 3.63) is 57.5 Å². The van der Waals surface area contributed by atoms with Crippen LogP contribution in [0.4, 0.5) is 5.95 Å². The number of carbonyl (C=O) groups excluding carboxylic acids is 3. The summed E-state index contributed by atoms with van der Waals surface area (Å²) in [5.41, 5.74) is 7.96. The number of Topliss-reactive ketones (excluding diaryl/α,β-unsaturated/α-hetero) is 1.